The third-order valence-corrected chi connectivity index (χ3v) is 8.03. The summed E-state index contributed by atoms with van der Waals surface area (Å²) < 4.78 is 47.0. The second kappa shape index (κ2) is 12.3. The van der Waals surface area contributed by atoms with Crippen LogP contribution in [0.1, 0.15) is 33.3 Å². The first kappa shape index (κ1) is 28.5. The van der Waals surface area contributed by atoms with E-state index in [1.807, 2.05) is 70.1 Å². The van der Waals surface area contributed by atoms with Crippen molar-refractivity contribution in [3.05, 3.63) is 120 Å². The fourth-order valence-electron chi connectivity index (χ4n) is 4.93. The summed E-state index contributed by atoms with van der Waals surface area (Å²) in [6, 6.07) is 25.2. The molecule has 1 fully saturated rings. The van der Waals surface area contributed by atoms with Crippen molar-refractivity contribution in [1.29, 1.82) is 0 Å². The van der Waals surface area contributed by atoms with E-state index in [-0.39, 0.29) is 11.6 Å². The summed E-state index contributed by atoms with van der Waals surface area (Å²) in [4.78, 5) is 21.0. The lowest BCUT2D eigenvalue weighted by atomic mass is 10.1. The Labute approximate surface area is 250 Å². The third-order valence-electron chi connectivity index (χ3n) is 7.12. The minimum atomic E-state index is -4.40. The second-order valence-electron chi connectivity index (χ2n) is 9.97. The lowest BCUT2D eigenvalue weighted by Gasteiger charge is -2.36. The Balaban J connectivity index is 1.10. The molecule has 8 nitrogen and oxygen atoms in total. The van der Waals surface area contributed by atoms with Gasteiger partial charge in [0.05, 0.1) is 11.3 Å². The summed E-state index contributed by atoms with van der Waals surface area (Å²) in [6.45, 7) is 1.54. The Morgan fingerprint density at radius 3 is 2.28 bits per heavy atom. The number of hydrogen-bond donors (Lipinski definition) is 0. The van der Waals surface area contributed by atoms with Gasteiger partial charge in [-0.05, 0) is 35.9 Å². The second-order valence-corrected chi connectivity index (χ2v) is 10.9. The highest BCUT2D eigenvalue weighted by Crippen LogP contribution is 2.32. The van der Waals surface area contributed by atoms with Crippen molar-refractivity contribution < 1.29 is 22.4 Å². The zero-order valence-corrected chi connectivity index (χ0v) is 23.8. The number of para-hydroxylation sites is 1. The van der Waals surface area contributed by atoms with Crippen LogP contribution in [0.5, 0.6) is 0 Å². The molecule has 0 aliphatic carbocycles. The Hall–Kier alpha value is -4.58. The lowest BCUT2D eigenvalue weighted by Crippen LogP contribution is -2.49. The SMILES string of the molecule is O=C(c1coc(CSc2nnc(Cc3ccccc3)n2-c2ccccc2)n1)N1CCN(c2cccc(C(F)(F)F)c2)CC1. The monoisotopic (exact) mass is 604 g/mol. The van der Waals surface area contributed by atoms with Crippen LogP contribution in [0.15, 0.2) is 101 Å². The lowest BCUT2D eigenvalue weighted by molar-refractivity contribution is -0.137. The van der Waals surface area contributed by atoms with Crippen LogP contribution in [0.25, 0.3) is 5.69 Å². The zero-order chi connectivity index (χ0) is 29.8. The fourth-order valence-corrected chi connectivity index (χ4v) is 5.76. The molecule has 0 bridgehead atoms. The number of carbonyl (C=O) groups excluding carboxylic acids is 1. The number of benzene rings is 3. The molecular formula is C31H27F3N6O2S. The van der Waals surface area contributed by atoms with E-state index in [4.69, 9.17) is 4.42 Å². The topological polar surface area (TPSA) is 80.3 Å². The van der Waals surface area contributed by atoms with Crippen LogP contribution in [0.3, 0.4) is 0 Å². The van der Waals surface area contributed by atoms with Crippen molar-refractivity contribution in [1.82, 2.24) is 24.6 Å². The molecule has 0 saturated carbocycles. The Morgan fingerprint density at radius 1 is 0.860 bits per heavy atom. The molecule has 0 atom stereocenters. The molecular weight excluding hydrogens is 577 g/mol. The number of aromatic nitrogens is 4. The zero-order valence-electron chi connectivity index (χ0n) is 22.9. The Bertz CT molecular complexity index is 1680. The summed E-state index contributed by atoms with van der Waals surface area (Å²) in [5.74, 6) is 1.24. The highest BCUT2D eigenvalue weighted by atomic mass is 32.2. The molecule has 1 amide bonds. The van der Waals surface area contributed by atoms with Crippen LogP contribution < -0.4 is 4.90 Å². The fraction of sp³-hybridized carbons (Fsp3) is 0.226. The summed E-state index contributed by atoms with van der Waals surface area (Å²) in [7, 11) is 0. The van der Waals surface area contributed by atoms with Crippen molar-refractivity contribution in [2.45, 2.75) is 23.5 Å². The first-order valence-corrected chi connectivity index (χ1v) is 14.7. The van der Waals surface area contributed by atoms with Crippen molar-refractivity contribution in [2.75, 3.05) is 31.1 Å². The predicted molar refractivity (Wildman–Crippen MR) is 156 cm³/mol. The summed E-state index contributed by atoms with van der Waals surface area (Å²) >= 11 is 1.41. The van der Waals surface area contributed by atoms with Gasteiger partial charge in [-0.3, -0.25) is 9.36 Å². The van der Waals surface area contributed by atoms with Gasteiger partial charge in [0.25, 0.3) is 5.91 Å². The maximum Gasteiger partial charge on any atom is 0.416 e. The molecule has 1 aliphatic heterocycles. The standard InChI is InChI=1S/C31H27F3N6O2S/c32-31(33,34)23-10-7-13-25(19-23)38-14-16-39(17-15-38)29(41)26-20-42-28(35-26)21-43-30-37-36-27(18-22-8-3-1-4-9-22)40(30)24-11-5-2-6-12-24/h1-13,19-20H,14-18,21H2. The Morgan fingerprint density at radius 2 is 1.56 bits per heavy atom. The molecule has 1 saturated heterocycles. The number of piperazine rings is 1. The van der Waals surface area contributed by atoms with Crippen LogP contribution in [-0.2, 0) is 18.3 Å². The number of thioether (sulfide) groups is 1. The van der Waals surface area contributed by atoms with E-state index < -0.39 is 11.7 Å². The van der Waals surface area contributed by atoms with Gasteiger partial charge < -0.3 is 14.2 Å². The first-order valence-electron chi connectivity index (χ1n) is 13.7. The molecule has 220 valence electrons. The van der Waals surface area contributed by atoms with Crippen LogP contribution in [0.2, 0.25) is 0 Å². The van der Waals surface area contributed by atoms with Gasteiger partial charge in [-0.2, -0.15) is 13.2 Å². The number of anilines is 1. The van der Waals surface area contributed by atoms with Gasteiger partial charge in [-0.25, -0.2) is 4.98 Å². The van der Waals surface area contributed by atoms with Gasteiger partial charge in [0.2, 0.25) is 5.89 Å². The van der Waals surface area contributed by atoms with E-state index in [1.165, 1.54) is 24.1 Å². The molecule has 1 aliphatic rings. The number of carbonyl (C=O) groups is 1. The minimum Gasteiger partial charge on any atom is -0.447 e. The van der Waals surface area contributed by atoms with E-state index in [0.717, 1.165) is 29.2 Å². The van der Waals surface area contributed by atoms with Crippen molar-refractivity contribution in [3.8, 4) is 5.69 Å². The minimum absolute atomic E-state index is 0.192. The van der Waals surface area contributed by atoms with E-state index in [1.54, 1.807) is 11.0 Å². The van der Waals surface area contributed by atoms with Gasteiger partial charge in [-0.15, -0.1) is 10.2 Å². The number of hydrogen-bond acceptors (Lipinski definition) is 7. The maximum absolute atomic E-state index is 13.1. The molecule has 0 unspecified atom stereocenters. The molecule has 0 spiro atoms. The number of nitrogens with zero attached hydrogens (tertiary/aromatic N) is 6. The first-order chi connectivity index (χ1) is 20.8. The quantitative estimate of drug-likeness (QED) is 0.198. The summed E-state index contributed by atoms with van der Waals surface area (Å²) in [5.41, 5.74) is 2.05. The average Bonchev–Trinajstić information content (AvgIpc) is 3.67. The number of alkyl halides is 3. The van der Waals surface area contributed by atoms with Crippen LogP contribution in [0, 0.1) is 0 Å². The average molecular weight is 605 g/mol. The van der Waals surface area contributed by atoms with Crippen molar-refractivity contribution in [2.24, 2.45) is 0 Å². The normalized spacial score (nSPS) is 13.8. The maximum atomic E-state index is 13.1. The highest BCUT2D eigenvalue weighted by Gasteiger charge is 2.31. The summed E-state index contributed by atoms with van der Waals surface area (Å²) in [5, 5.41) is 9.57. The molecule has 3 heterocycles. The number of amides is 1. The predicted octanol–water partition coefficient (Wildman–Crippen LogP) is 6.12. The molecule has 43 heavy (non-hydrogen) atoms. The van der Waals surface area contributed by atoms with Gasteiger partial charge in [0, 0.05) is 44.0 Å². The van der Waals surface area contributed by atoms with E-state index in [9.17, 15) is 18.0 Å². The molecule has 2 aromatic heterocycles. The van der Waals surface area contributed by atoms with Gasteiger partial charge in [0.1, 0.15) is 12.1 Å². The third kappa shape index (κ3) is 6.59. The molecule has 0 N–H and O–H groups in total. The largest absolute Gasteiger partial charge is 0.447 e. The summed E-state index contributed by atoms with van der Waals surface area (Å²) in [6.07, 6.45) is -2.44. The van der Waals surface area contributed by atoms with E-state index in [0.29, 0.717) is 55.1 Å². The number of halogens is 3. The van der Waals surface area contributed by atoms with Gasteiger partial charge in [-0.1, -0.05) is 66.4 Å². The van der Waals surface area contributed by atoms with Gasteiger partial charge in [0.15, 0.2) is 10.9 Å². The smallest absolute Gasteiger partial charge is 0.416 e. The number of oxazole rings is 1. The van der Waals surface area contributed by atoms with Crippen molar-refractivity contribution in [3.63, 3.8) is 0 Å². The van der Waals surface area contributed by atoms with Crippen LogP contribution in [-0.4, -0.2) is 56.7 Å². The number of rotatable bonds is 8. The van der Waals surface area contributed by atoms with E-state index in [2.05, 4.69) is 15.2 Å². The van der Waals surface area contributed by atoms with E-state index >= 15 is 0 Å². The Kier molecular flexibility index (Phi) is 8.19. The van der Waals surface area contributed by atoms with Crippen LogP contribution in [0.4, 0.5) is 18.9 Å². The highest BCUT2D eigenvalue weighted by molar-refractivity contribution is 7.98. The molecule has 5 aromatic rings. The van der Waals surface area contributed by atoms with Gasteiger partial charge >= 0.3 is 6.18 Å². The van der Waals surface area contributed by atoms with Crippen molar-refractivity contribution >= 4 is 23.4 Å². The molecule has 12 heteroatoms. The van der Waals surface area contributed by atoms with Crippen LogP contribution >= 0.6 is 11.8 Å². The molecule has 3 aromatic carbocycles. The molecule has 6 rings (SSSR count). The molecule has 0 radical (unpaired) electrons.